The standard InChI is InChI=1S/C26H27N7O4/c1-17-11-22-23(37-10-9-36-22)13-19(17)14-29-26(35)18-3-2-4-20(12-18)28-15-24-31-32-25(33(24)7-8-34)21-5-6-27-16-30-21/h2-6,11-13,16,28,34H,7-10,14-15H2,1H3,(H,29,35). The van der Waals surface area contributed by atoms with Gasteiger partial charge < -0.3 is 29.8 Å². The molecule has 0 atom stereocenters. The van der Waals surface area contributed by atoms with Gasteiger partial charge in [0.05, 0.1) is 13.2 Å². The molecule has 0 aliphatic carbocycles. The first-order valence-electron chi connectivity index (χ1n) is 11.9. The van der Waals surface area contributed by atoms with E-state index in [-0.39, 0.29) is 12.5 Å². The van der Waals surface area contributed by atoms with Crippen molar-refractivity contribution in [3.63, 3.8) is 0 Å². The summed E-state index contributed by atoms with van der Waals surface area (Å²) in [6.07, 6.45) is 3.07. The molecule has 37 heavy (non-hydrogen) atoms. The van der Waals surface area contributed by atoms with Crippen LogP contribution in [0.15, 0.2) is 55.0 Å². The molecule has 1 aliphatic heterocycles. The molecule has 0 saturated heterocycles. The van der Waals surface area contributed by atoms with Crippen LogP contribution in [0, 0.1) is 6.92 Å². The Labute approximate surface area is 213 Å². The molecular formula is C26H27N7O4. The zero-order chi connectivity index (χ0) is 25.6. The molecule has 11 heteroatoms. The number of aromatic nitrogens is 5. The predicted molar refractivity (Wildman–Crippen MR) is 135 cm³/mol. The smallest absolute Gasteiger partial charge is 0.251 e. The van der Waals surface area contributed by atoms with Crippen LogP contribution in [0.5, 0.6) is 11.5 Å². The summed E-state index contributed by atoms with van der Waals surface area (Å²) < 4.78 is 13.1. The summed E-state index contributed by atoms with van der Waals surface area (Å²) in [6.45, 7) is 4.01. The Balaban J connectivity index is 1.24. The molecule has 0 spiro atoms. The number of hydrogen-bond donors (Lipinski definition) is 3. The van der Waals surface area contributed by atoms with Gasteiger partial charge in [0.2, 0.25) is 0 Å². The Bertz CT molecular complexity index is 1390. The molecule has 2 aromatic carbocycles. The van der Waals surface area contributed by atoms with Crippen LogP contribution in [0.3, 0.4) is 0 Å². The van der Waals surface area contributed by atoms with Crippen LogP contribution in [0.4, 0.5) is 5.69 Å². The van der Waals surface area contributed by atoms with Gasteiger partial charge in [0.25, 0.3) is 5.91 Å². The van der Waals surface area contributed by atoms with E-state index in [1.54, 1.807) is 24.4 Å². The number of aliphatic hydroxyl groups is 1. The van der Waals surface area contributed by atoms with Crippen LogP contribution in [0.1, 0.15) is 27.3 Å². The topological polar surface area (TPSA) is 136 Å². The molecule has 0 radical (unpaired) electrons. The second-order valence-corrected chi connectivity index (χ2v) is 8.45. The van der Waals surface area contributed by atoms with Crippen molar-refractivity contribution in [1.82, 2.24) is 30.0 Å². The van der Waals surface area contributed by atoms with Crippen molar-refractivity contribution in [2.75, 3.05) is 25.1 Å². The van der Waals surface area contributed by atoms with Crippen molar-refractivity contribution in [3.8, 4) is 23.0 Å². The number of amides is 1. The molecule has 3 N–H and O–H groups in total. The second kappa shape index (κ2) is 11.0. The number of carbonyl (C=O) groups is 1. The highest BCUT2D eigenvalue weighted by Gasteiger charge is 2.16. The fraction of sp³-hybridized carbons (Fsp3) is 0.269. The summed E-state index contributed by atoms with van der Waals surface area (Å²) >= 11 is 0. The lowest BCUT2D eigenvalue weighted by Gasteiger charge is -2.20. The number of nitrogens with zero attached hydrogens (tertiary/aromatic N) is 5. The van der Waals surface area contributed by atoms with E-state index in [9.17, 15) is 9.90 Å². The van der Waals surface area contributed by atoms with Crippen molar-refractivity contribution in [3.05, 3.63) is 77.5 Å². The summed E-state index contributed by atoms with van der Waals surface area (Å²) in [5.41, 5.74) is 3.89. The molecule has 190 valence electrons. The Morgan fingerprint density at radius 2 is 1.92 bits per heavy atom. The highest BCUT2D eigenvalue weighted by molar-refractivity contribution is 5.95. The molecule has 1 amide bonds. The van der Waals surface area contributed by atoms with Crippen molar-refractivity contribution < 1.29 is 19.4 Å². The number of benzene rings is 2. The van der Waals surface area contributed by atoms with E-state index in [1.165, 1.54) is 6.33 Å². The van der Waals surface area contributed by atoms with Gasteiger partial charge in [-0.05, 0) is 54.4 Å². The van der Waals surface area contributed by atoms with Crippen molar-refractivity contribution >= 4 is 11.6 Å². The van der Waals surface area contributed by atoms with Gasteiger partial charge in [0, 0.05) is 30.5 Å². The van der Waals surface area contributed by atoms with Gasteiger partial charge in [-0.25, -0.2) is 9.97 Å². The lowest BCUT2D eigenvalue weighted by molar-refractivity contribution is 0.0950. The summed E-state index contributed by atoms with van der Waals surface area (Å²) in [5, 5.41) is 24.3. The summed E-state index contributed by atoms with van der Waals surface area (Å²) in [6, 6.07) is 12.8. The Morgan fingerprint density at radius 1 is 1.08 bits per heavy atom. The lowest BCUT2D eigenvalue weighted by Crippen LogP contribution is -2.23. The van der Waals surface area contributed by atoms with Crippen LogP contribution < -0.4 is 20.1 Å². The molecule has 2 aromatic heterocycles. The van der Waals surface area contributed by atoms with Gasteiger partial charge in [0.1, 0.15) is 25.2 Å². The Morgan fingerprint density at radius 3 is 2.70 bits per heavy atom. The average Bonchev–Trinajstić information content (AvgIpc) is 3.33. The average molecular weight is 502 g/mol. The van der Waals surface area contributed by atoms with Crippen molar-refractivity contribution in [2.24, 2.45) is 0 Å². The fourth-order valence-corrected chi connectivity index (χ4v) is 4.07. The van der Waals surface area contributed by atoms with E-state index in [1.807, 2.05) is 35.8 Å². The van der Waals surface area contributed by atoms with E-state index >= 15 is 0 Å². The minimum atomic E-state index is -0.188. The van der Waals surface area contributed by atoms with Gasteiger partial charge in [-0.3, -0.25) is 4.79 Å². The van der Waals surface area contributed by atoms with Gasteiger partial charge in [-0.1, -0.05) is 6.07 Å². The lowest BCUT2D eigenvalue weighted by atomic mass is 10.1. The van der Waals surface area contributed by atoms with E-state index in [4.69, 9.17) is 9.47 Å². The maximum atomic E-state index is 12.9. The number of ether oxygens (including phenoxy) is 2. The number of fused-ring (bicyclic) bond motifs is 1. The quantitative estimate of drug-likeness (QED) is 0.316. The van der Waals surface area contributed by atoms with Crippen LogP contribution >= 0.6 is 0 Å². The summed E-state index contributed by atoms with van der Waals surface area (Å²) in [5.74, 6) is 2.43. The molecule has 5 rings (SSSR count). The molecule has 0 fully saturated rings. The first-order chi connectivity index (χ1) is 18.1. The zero-order valence-corrected chi connectivity index (χ0v) is 20.3. The van der Waals surface area contributed by atoms with Gasteiger partial charge in [-0.2, -0.15) is 0 Å². The Kier molecular flexibility index (Phi) is 7.22. The number of anilines is 1. The van der Waals surface area contributed by atoms with E-state index in [0.717, 1.165) is 22.6 Å². The zero-order valence-electron chi connectivity index (χ0n) is 20.3. The maximum absolute atomic E-state index is 12.9. The first kappa shape index (κ1) is 24.2. The first-order valence-corrected chi connectivity index (χ1v) is 11.9. The maximum Gasteiger partial charge on any atom is 0.251 e. The predicted octanol–water partition coefficient (Wildman–Crippen LogP) is 2.35. The molecule has 4 aromatic rings. The number of aliphatic hydroxyl groups excluding tert-OH is 1. The highest BCUT2D eigenvalue weighted by atomic mass is 16.6. The fourth-order valence-electron chi connectivity index (χ4n) is 4.07. The highest BCUT2D eigenvalue weighted by Crippen LogP contribution is 2.33. The van der Waals surface area contributed by atoms with E-state index in [0.29, 0.717) is 61.5 Å². The minimum absolute atomic E-state index is 0.0678. The third-order valence-electron chi connectivity index (χ3n) is 5.98. The van der Waals surface area contributed by atoms with E-state index in [2.05, 4.69) is 30.8 Å². The van der Waals surface area contributed by atoms with Gasteiger partial charge >= 0.3 is 0 Å². The number of nitrogens with one attached hydrogen (secondary N) is 2. The Hall–Kier alpha value is -4.51. The van der Waals surface area contributed by atoms with Crippen LogP contribution in [-0.4, -0.2) is 55.6 Å². The number of hydrogen-bond acceptors (Lipinski definition) is 9. The summed E-state index contributed by atoms with van der Waals surface area (Å²) in [7, 11) is 0. The molecular weight excluding hydrogens is 474 g/mol. The third kappa shape index (κ3) is 5.51. The van der Waals surface area contributed by atoms with Crippen LogP contribution in [-0.2, 0) is 19.6 Å². The number of carbonyl (C=O) groups excluding carboxylic acids is 1. The van der Waals surface area contributed by atoms with Gasteiger partial charge in [-0.15, -0.1) is 10.2 Å². The monoisotopic (exact) mass is 501 g/mol. The second-order valence-electron chi connectivity index (χ2n) is 8.45. The van der Waals surface area contributed by atoms with Gasteiger partial charge in [0.15, 0.2) is 23.1 Å². The number of rotatable bonds is 9. The summed E-state index contributed by atoms with van der Waals surface area (Å²) in [4.78, 5) is 21.0. The third-order valence-corrected chi connectivity index (χ3v) is 5.98. The molecule has 0 saturated carbocycles. The number of aryl methyl sites for hydroxylation is 1. The molecule has 11 nitrogen and oxygen atoms in total. The molecule has 3 heterocycles. The van der Waals surface area contributed by atoms with E-state index < -0.39 is 0 Å². The van der Waals surface area contributed by atoms with Crippen molar-refractivity contribution in [2.45, 2.75) is 26.6 Å². The van der Waals surface area contributed by atoms with Crippen LogP contribution in [0.2, 0.25) is 0 Å². The molecule has 0 unspecified atom stereocenters. The largest absolute Gasteiger partial charge is 0.486 e. The normalized spacial score (nSPS) is 12.3. The van der Waals surface area contributed by atoms with Crippen LogP contribution in [0.25, 0.3) is 11.5 Å². The van der Waals surface area contributed by atoms with Crippen molar-refractivity contribution in [1.29, 1.82) is 0 Å². The minimum Gasteiger partial charge on any atom is -0.486 e. The SMILES string of the molecule is Cc1cc2c(cc1CNC(=O)c1cccc(NCc3nnc(-c4ccncn4)n3CCO)c1)OCCO2. The molecule has 1 aliphatic rings. The molecule has 0 bridgehead atoms.